The van der Waals surface area contributed by atoms with Crippen molar-refractivity contribution in [1.82, 2.24) is 5.32 Å². The summed E-state index contributed by atoms with van der Waals surface area (Å²) in [5, 5.41) is 86.8. The summed E-state index contributed by atoms with van der Waals surface area (Å²) in [5.41, 5.74) is 0. The minimum Gasteiger partial charge on any atom is -0.394 e. The highest BCUT2D eigenvalue weighted by Crippen LogP contribution is 2.30. The largest absolute Gasteiger partial charge is 0.394 e. The van der Waals surface area contributed by atoms with Gasteiger partial charge < -0.3 is 65.1 Å². The van der Waals surface area contributed by atoms with Crippen LogP contribution in [0.2, 0.25) is 0 Å². The molecule has 12 unspecified atom stereocenters. The summed E-state index contributed by atoms with van der Waals surface area (Å²) >= 11 is 0. The van der Waals surface area contributed by atoms with E-state index in [0.29, 0.717) is 12.8 Å². The number of ether oxygens (including phenoxy) is 4. The standard InChI is InChI=1S/C58H99NO13/c1-3-5-7-9-11-13-15-17-19-20-21-22-23-24-25-26-28-29-31-33-35-37-39-41-47(62)46(59-50(63)42-40-38-36-34-32-30-27-18-16-14-12-10-8-6-4-2)45-69-57-55(68)53(66)56(49(44-61)71-57)72-58-54(67)52(65)51(64)48(43-60)70-58/h6,8,12,14,18,27,31-34,38-41,46-49,51-58,60-62,64-68H,3-5,7,9-11,13,15-17,19-26,28-30,35-37,42-45H2,1-2H3,(H,59,63)/b8-6-,14-12-,27-18-,33-31+,34-32-,40-38-,41-39+. The summed E-state index contributed by atoms with van der Waals surface area (Å²) < 4.78 is 22.7. The molecule has 2 rings (SSSR count). The number of allylic oxidation sites excluding steroid dienone is 12. The molecule has 14 heteroatoms. The number of nitrogens with one attached hydrogen (secondary N) is 1. The average Bonchev–Trinajstić information content (AvgIpc) is 3.38. The number of carbonyl (C=O) groups is 1. The van der Waals surface area contributed by atoms with E-state index in [1.54, 1.807) is 12.2 Å². The zero-order valence-corrected chi connectivity index (χ0v) is 44.1. The molecule has 2 aliphatic rings. The van der Waals surface area contributed by atoms with Gasteiger partial charge in [0.2, 0.25) is 5.91 Å². The summed E-state index contributed by atoms with van der Waals surface area (Å²) in [5.74, 6) is -0.379. The molecule has 12 atom stereocenters. The van der Waals surface area contributed by atoms with Gasteiger partial charge in [-0.1, -0.05) is 202 Å². The van der Waals surface area contributed by atoms with E-state index >= 15 is 0 Å². The second-order valence-corrected chi connectivity index (χ2v) is 19.3. The maximum atomic E-state index is 13.1. The van der Waals surface area contributed by atoms with Crippen LogP contribution in [0.5, 0.6) is 0 Å². The number of aliphatic hydroxyl groups is 8. The molecule has 0 radical (unpaired) electrons. The molecule has 0 aromatic carbocycles. The minimum atomic E-state index is -1.80. The zero-order chi connectivity index (χ0) is 52.4. The number of unbranched alkanes of at least 4 members (excludes halogenated alkanes) is 18. The van der Waals surface area contributed by atoms with Gasteiger partial charge in [0.15, 0.2) is 12.6 Å². The number of hydrogen-bond donors (Lipinski definition) is 9. The third-order valence-corrected chi connectivity index (χ3v) is 13.1. The van der Waals surface area contributed by atoms with E-state index in [9.17, 15) is 45.6 Å². The summed E-state index contributed by atoms with van der Waals surface area (Å²) in [7, 11) is 0. The lowest BCUT2D eigenvalue weighted by Crippen LogP contribution is -2.65. The highest BCUT2D eigenvalue weighted by molar-refractivity contribution is 5.77. The first-order valence-electron chi connectivity index (χ1n) is 27.8. The smallest absolute Gasteiger partial charge is 0.224 e. The van der Waals surface area contributed by atoms with Crippen LogP contribution >= 0.6 is 0 Å². The van der Waals surface area contributed by atoms with E-state index in [1.807, 2.05) is 18.2 Å². The van der Waals surface area contributed by atoms with E-state index in [2.05, 4.69) is 73.8 Å². The van der Waals surface area contributed by atoms with Gasteiger partial charge in [0, 0.05) is 6.42 Å². The Hall–Kier alpha value is -2.83. The summed E-state index contributed by atoms with van der Waals surface area (Å²) in [6.45, 7) is 2.58. The van der Waals surface area contributed by atoms with Crippen LogP contribution < -0.4 is 5.32 Å². The number of aliphatic hydroxyl groups excluding tert-OH is 8. The molecule has 0 saturated carbocycles. The predicted molar refractivity (Wildman–Crippen MR) is 286 cm³/mol. The lowest BCUT2D eigenvalue weighted by Gasteiger charge is -2.46. The first-order valence-corrected chi connectivity index (χ1v) is 27.8. The molecule has 0 aromatic rings. The third-order valence-electron chi connectivity index (χ3n) is 13.1. The van der Waals surface area contributed by atoms with Crippen molar-refractivity contribution >= 4 is 5.91 Å². The molecule has 14 nitrogen and oxygen atoms in total. The van der Waals surface area contributed by atoms with Crippen LogP contribution in [0, 0.1) is 0 Å². The van der Waals surface area contributed by atoms with Gasteiger partial charge in [-0.15, -0.1) is 0 Å². The van der Waals surface area contributed by atoms with Gasteiger partial charge in [0.05, 0.1) is 32.0 Å². The first-order chi connectivity index (χ1) is 35.1. The van der Waals surface area contributed by atoms with E-state index in [4.69, 9.17) is 18.9 Å². The Morgan fingerprint density at radius 1 is 0.514 bits per heavy atom. The second kappa shape index (κ2) is 43.4. The Kier molecular flexibility index (Phi) is 39.4. The van der Waals surface area contributed by atoms with Crippen LogP contribution in [0.15, 0.2) is 85.1 Å². The molecular weight excluding hydrogens is 919 g/mol. The fourth-order valence-corrected chi connectivity index (χ4v) is 8.61. The second-order valence-electron chi connectivity index (χ2n) is 19.3. The van der Waals surface area contributed by atoms with Gasteiger partial charge >= 0.3 is 0 Å². The van der Waals surface area contributed by atoms with Gasteiger partial charge in [-0.3, -0.25) is 4.79 Å². The van der Waals surface area contributed by atoms with E-state index in [0.717, 1.165) is 38.5 Å². The van der Waals surface area contributed by atoms with Crippen LogP contribution in [-0.2, 0) is 23.7 Å². The Labute approximate surface area is 433 Å². The van der Waals surface area contributed by atoms with Crippen molar-refractivity contribution in [2.75, 3.05) is 19.8 Å². The van der Waals surface area contributed by atoms with Crippen molar-refractivity contribution in [2.45, 2.75) is 254 Å². The molecule has 2 saturated heterocycles. The van der Waals surface area contributed by atoms with Gasteiger partial charge in [-0.25, -0.2) is 0 Å². The normalized spacial score (nSPS) is 26.2. The topological polar surface area (TPSA) is 228 Å². The first kappa shape index (κ1) is 65.3. The quantitative estimate of drug-likeness (QED) is 0.0207. The molecule has 1 amide bonds. The number of rotatable bonds is 42. The fraction of sp³-hybridized carbons (Fsp3) is 0.741. The summed E-state index contributed by atoms with van der Waals surface area (Å²) in [6, 6.07) is -0.990. The number of amides is 1. The van der Waals surface area contributed by atoms with Crippen LogP contribution in [0.25, 0.3) is 0 Å². The molecule has 2 fully saturated rings. The fourth-order valence-electron chi connectivity index (χ4n) is 8.61. The van der Waals surface area contributed by atoms with Crippen molar-refractivity contribution in [3.63, 3.8) is 0 Å². The highest BCUT2D eigenvalue weighted by Gasteiger charge is 2.51. The summed E-state index contributed by atoms with van der Waals surface area (Å²) in [4.78, 5) is 13.1. The van der Waals surface area contributed by atoms with Crippen LogP contribution in [-0.4, -0.2) is 140 Å². The highest BCUT2D eigenvalue weighted by atomic mass is 16.7. The molecule has 0 aromatic heterocycles. The van der Waals surface area contributed by atoms with Crippen molar-refractivity contribution in [3.05, 3.63) is 85.1 Å². The molecule has 414 valence electrons. The van der Waals surface area contributed by atoms with Crippen molar-refractivity contribution in [1.29, 1.82) is 0 Å². The molecule has 72 heavy (non-hydrogen) atoms. The van der Waals surface area contributed by atoms with E-state index in [1.165, 1.54) is 109 Å². The lowest BCUT2D eigenvalue weighted by atomic mass is 9.97. The van der Waals surface area contributed by atoms with Gasteiger partial charge in [0.25, 0.3) is 0 Å². The minimum absolute atomic E-state index is 0.0372. The van der Waals surface area contributed by atoms with Crippen LogP contribution in [0.1, 0.15) is 181 Å². The Balaban J connectivity index is 1.84. The van der Waals surface area contributed by atoms with Gasteiger partial charge in [-0.05, 0) is 57.8 Å². The Morgan fingerprint density at radius 3 is 1.50 bits per heavy atom. The van der Waals surface area contributed by atoms with Gasteiger partial charge in [-0.2, -0.15) is 0 Å². The summed E-state index contributed by atoms with van der Waals surface area (Å²) in [6.07, 6.45) is 40.9. The molecular formula is C58H99NO13. The molecule has 9 N–H and O–H groups in total. The molecule has 0 aliphatic carbocycles. The average molecular weight is 1020 g/mol. The maximum absolute atomic E-state index is 13.1. The Bertz CT molecular complexity index is 1530. The monoisotopic (exact) mass is 1020 g/mol. The Morgan fingerprint density at radius 2 is 0.972 bits per heavy atom. The SMILES string of the molecule is CC/C=C\C/C=C\C/C=C\C/C=C\C/C=C\CC(=O)NC(COC1OC(CO)C(OC2OC(CO)C(O)C(O)C2O)C(O)C1O)C(O)/C=C/CC/C=C/CCCCCCCCCCCCCCCCCCC. The van der Waals surface area contributed by atoms with Crippen LogP contribution in [0.4, 0.5) is 0 Å². The van der Waals surface area contributed by atoms with Crippen molar-refractivity contribution < 1.29 is 64.6 Å². The third kappa shape index (κ3) is 29.3. The van der Waals surface area contributed by atoms with E-state index < -0.39 is 86.8 Å². The van der Waals surface area contributed by atoms with Crippen LogP contribution in [0.3, 0.4) is 0 Å². The van der Waals surface area contributed by atoms with Crippen molar-refractivity contribution in [3.8, 4) is 0 Å². The molecule has 0 spiro atoms. The maximum Gasteiger partial charge on any atom is 0.224 e. The molecule has 2 aliphatic heterocycles. The zero-order valence-electron chi connectivity index (χ0n) is 44.1. The molecule has 0 bridgehead atoms. The molecule has 2 heterocycles. The van der Waals surface area contributed by atoms with E-state index in [-0.39, 0.29) is 18.9 Å². The van der Waals surface area contributed by atoms with Gasteiger partial charge in [0.1, 0.15) is 48.8 Å². The predicted octanol–water partition coefficient (Wildman–Crippen LogP) is 8.55. The lowest BCUT2D eigenvalue weighted by molar-refractivity contribution is -0.359. The number of hydrogen-bond acceptors (Lipinski definition) is 13. The van der Waals surface area contributed by atoms with Crippen molar-refractivity contribution in [2.24, 2.45) is 0 Å². The number of carbonyl (C=O) groups excluding carboxylic acids is 1.